The second-order valence-electron chi connectivity index (χ2n) is 18.9. The van der Waals surface area contributed by atoms with Gasteiger partial charge >= 0.3 is 0 Å². The van der Waals surface area contributed by atoms with Gasteiger partial charge < -0.3 is 4.57 Å². The third-order valence-corrected chi connectivity index (χ3v) is 15.2. The molecule has 0 aliphatic heterocycles. The Balaban J connectivity index is 0.986. The SMILES string of the molecule is CCC1/C(c2ccccc2)=C\CC/C(c2ccc3c(c2)c2ccccc2c2cccc(-c4ccc5c(c4)c4ccccc4n5-c4ccccc4)c23)=C(\C)CCC1c1ccc(-c2ccccc2)cc1. The molecule has 0 radical (unpaired) electrons. The molecule has 68 heavy (non-hydrogen) atoms. The molecule has 0 bridgehead atoms. The summed E-state index contributed by atoms with van der Waals surface area (Å²) >= 11 is 0. The predicted octanol–water partition coefficient (Wildman–Crippen LogP) is 18.8. The van der Waals surface area contributed by atoms with Crippen LogP contribution >= 0.6 is 0 Å². The normalized spacial score (nSPS) is 17.8. The minimum Gasteiger partial charge on any atom is -0.309 e. The Morgan fingerprint density at radius 2 is 1.01 bits per heavy atom. The number of allylic oxidation sites excluding steroid dienone is 4. The molecule has 1 nitrogen and oxygen atoms in total. The van der Waals surface area contributed by atoms with Crippen molar-refractivity contribution >= 4 is 65.3 Å². The summed E-state index contributed by atoms with van der Waals surface area (Å²) in [5, 5.41) is 10.4. The molecule has 0 spiro atoms. The molecule has 1 heterocycles. The van der Waals surface area contributed by atoms with Crippen molar-refractivity contribution in [2.45, 2.75) is 51.9 Å². The molecule has 1 aliphatic rings. The Labute approximate surface area is 400 Å². The van der Waals surface area contributed by atoms with E-state index in [9.17, 15) is 0 Å². The molecule has 0 fully saturated rings. The second kappa shape index (κ2) is 17.8. The Morgan fingerprint density at radius 3 is 1.76 bits per heavy atom. The molecule has 1 aliphatic carbocycles. The first-order valence-corrected chi connectivity index (χ1v) is 24.7. The highest BCUT2D eigenvalue weighted by atomic mass is 15.0. The van der Waals surface area contributed by atoms with Crippen molar-refractivity contribution < 1.29 is 0 Å². The summed E-state index contributed by atoms with van der Waals surface area (Å²) in [4.78, 5) is 0. The van der Waals surface area contributed by atoms with Gasteiger partial charge in [0.05, 0.1) is 11.0 Å². The molecular formula is C67H55N. The van der Waals surface area contributed by atoms with Gasteiger partial charge in [-0.05, 0) is 170 Å². The lowest BCUT2D eigenvalue weighted by Gasteiger charge is -2.31. The third kappa shape index (κ3) is 7.35. The Morgan fingerprint density at radius 1 is 0.441 bits per heavy atom. The zero-order chi connectivity index (χ0) is 45.6. The van der Waals surface area contributed by atoms with Crippen LogP contribution in [-0.4, -0.2) is 4.57 Å². The van der Waals surface area contributed by atoms with Gasteiger partial charge in [-0.15, -0.1) is 0 Å². The molecule has 0 saturated carbocycles. The van der Waals surface area contributed by atoms with Crippen molar-refractivity contribution in [3.63, 3.8) is 0 Å². The van der Waals surface area contributed by atoms with Gasteiger partial charge in [0.2, 0.25) is 0 Å². The summed E-state index contributed by atoms with van der Waals surface area (Å²) in [6.45, 7) is 4.81. The Hall–Kier alpha value is -7.74. The monoisotopic (exact) mass is 873 g/mol. The molecule has 0 amide bonds. The number of hydrogen-bond donors (Lipinski definition) is 0. The number of hydrogen-bond acceptors (Lipinski definition) is 0. The van der Waals surface area contributed by atoms with Gasteiger partial charge in [0.15, 0.2) is 0 Å². The van der Waals surface area contributed by atoms with E-state index in [4.69, 9.17) is 0 Å². The summed E-state index contributed by atoms with van der Waals surface area (Å²) in [6.07, 6.45) is 7.85. The molecular weight excluding hydrogens is 819 g/mol. The average molecular weight is 874 g/mol. The van der Waals surface area contributed by atoms with Crippen LogP contribution in [0.15, 0.2) is 230 Å². The first-order valence-electron chi connectivity index (χ1n) is 24.7. The van der Waals surface area contributed by atoms with E-state index in [-0.39, 0.29) is 0 Å². The van der Waals surface area contributed by atoms with E-state index in [0.717, 1.165) is 32.1 Å². The van der Waals surface area contributed by atoms with E-state index in [2.05, 4.69) is 243 Å². The highest BCUT2D eigenvalue weighted by Gasteiger charge is 2.28. The highest BCUT2D eigenvalue weighted by molar-refractivity contribution is 6.29. The molecule has 1 aromatic heterocycles. The second-order valence-corrected chi connectivity index (χ2v) is 18.9. The van der Waals surface area contributed by atoms with Gasteiger partial charge in [-0.25, -0.2) is 0 Å². The van der Waals surface area contributed by atoms with Gasteiger partial charge in [-0.2, -0.15) is 0 Å². The molecule has 1 heteroatoms. The molecule has 12 rings (SSSR count). The van der Waals surface area contributed by atoms with Crippen molar-refractivity contribution in [2.24, 2.45) is 5.92 Å². The fraction of sp³-hybridized carbons (Fsp3) is 0.134. The summed E-state index contributed by atoms with van der Waals surface area (Å²) in [6, 6.07) is 81.6. The molecule has 10 aromatic carbocycles. The lowest BCUT2D eigenvalue weighted by atomic mass is 9.73. The van der Waals surface area contributed by atoms with E-state index >= 15 is 0 Å². The largest absolute Gasteiger partial charge is 0.309 e. The first kappa shape index (κ1) is 41.7. The van der Waals surface area contributed by atoms with E-state index in [1.54, 1.807) is 0 Å². The quantitative estimate of drug-likeness (QED) is 0.141. The summed E-state index contributed by atoms with van der Waals surface area (Å²) in [5.74, 6) is 0.817. The lowest BCUT2D eigenvalue weighted by molar-refractivity contribution is 0.474. The zero-order valence-corrected chi connectivity index (χ0v) is 39.0. The van der Waals surface area contributed by atoms with Crippen LogP contribution in [0.3, 0.4) is 0 Å². The van der Waals surface area contributed by atoms with E-state index in [1.165, 1.54) is 115 Å². The number of nitrogens with zero attached hydrogens (tertiary/aromatic N) is 1. The van der Waals surface area contributed by atoms with Crippen molar-refractivity contribution in [2.75, 3.05) is 0 Å². The Bertz CT molecular complexity index is 3700. The first-order chi connectivity index (χ1) is 33.6. The van der Waals surface area contributed by atoms with Crippen LogP contribution < -0.4 is 0 Å². The minimum atomic E-state index is 0.394. The van der Waals surface area contributed by atoms with Crippen LogP contribution in [0.5, 0.6) is 0 Å². The lowest BCUT2D eigenvalue weighted by Crippen LogP contribution is -2.16. The molecule has 0 saturated heterocycles. The smallest absolute Gasteiger partial charge is 0.0541 e. The maximum absolute atomic E-state index is 2.59. The van der Waals surface area contributed by atoms with Crippen LogP contribution in [-0.2, 0) is 0 Å². The highest BCUT2D eigenvalue weighted by Crippen LogP contribution is 2.46. The van der Waals surface area contributed by atoms with E-state index in [1.807, 2.05) is 0 Å². The van der Waals surface area contributed by atoms with E-state index in [0.29, 0.717) is 11.8 Å². The number of rotatable bonds is 7. The molecule has 2 atom stereocenters. The van der Waals surface area contributed by atoms with Gasteiger partial charge in [-0.1, -0.05) is 201 Å². The van der Waals surface area contributed by atoms with Gasteiger partial charge in [-0.3, -0.25) is 0 Å². The van der Waals surface area contributed by atoms with Crippen molar-refractivity contribution in [1.29, 1.82) is 0 Å². The summed E-state index contributed by atoms with van der Waals surface area (Å²) < 4.78 is 2.40. The predicted molar refractivity (Wildman–Crippen MR) is 293 cm³/mol. The van der Waals surface area contributed by atoms with Crippen LogP contribution in [0, 0.1) is 5.92 Å². The molecule has 0 N–H and O–H groups in total. The molecule has 328 valence electrons. The van der Waals surface area contributed by atoms with Gasteiger partial charge in [0.1, 0.15) is 0 Å². The number of para-hydroxylation sites is 2. The van der Waals surface area contributed by atoms with Gasteiger partial charge in [0.25, 0.3) is 0 Å². The third-order valence-electron chi connectivity index (χ3n) is 15.2. The van der Waals surface area contributed by atoms with Gasteiger partial charge in [0, 0.05) is 16.5 Å². The van der Waals surface area contributed by atoms with Crippen LogP contribution in [0.25, 0.3) is 93.2 Å². The van der Waals surface area contributed by atoms with Crippen LogP contribution in [0.4, 0.5) is 0 Å². The fourth-order valence-corrected chi connectivity index (χ4v) is 11.9. The molecule has 2 unspecified atom stereocenters. The molecule has 11 aromatic rings. The summed E-state index contributed by atoms with van der Waals surface area (Å²) in [5.41, 5.74) is 17.3. The number of aromatic nitrogens is 1. The fourth-order valence-electron chi connectivity index (χ4n) is 11.9. The standard InChI is InChI=1S/C67H55N/c1-3-53-55(48-21-9-5-10-22-48)29-17-28-54(45(2)33-40-56(53)49-36-34-47(35-37-49)46-19-7-4-8-20-46)50-38-41-62-63(43-50)59-26-14-13-25-58(59)61-31-18-30-57(67(61)62)51-39-42-66-64(44-51)60-27-15-16-32-65(60)68(66)52-23-11-6-12-24-52/h4-16,18-27,29-32,34-39,41-44,53,56H,3,17,28,33,40H2,1-2H3/b54-45-,55-29-. The Kier molecular flexibility index (Phi) is 10.9. The van der Waals surface area contributed by atoms with Crippen molar-refractivity contribution in [3.8, 4) is 27.9 Å². The maximum Gasteiger partial charge on any atom is 0.0541 e. The van der Waals surface area contributed by atoms with E-state index < -0.39 is 0 Å². The van der Waals surface area contributed by atoms with Crippen LogP contribution in [0.2, 0.25) is 0 Å². The maximum atomic E-state index is 2.59. The van der Waals surface area contributed by atoms with Crippen molar-refractivity contribution in [3.05, 3.63) is 247 Å². The van der Waals surface area contributed by atoms with Crippen LogP contribution in [0.1, 0.15) is 68.6 Å². The average Bonchev–Trinajstić information content (AvgIpc) is 3.74. The minimum absolute atomic E-state index is 0.394. The topological polar surface area (TPSA) is 4.93 Å². The number of fused-ring (bicyclic) bond motifs is 9. The van der Waals surface area contributed by atoms with Crippen molar-refractivity contribution in [1.82, 2.24) is 4.57 Å². The zero-order valence-electron chi connectivity index (χ0n) is 39.0. The number of benzene rings is 10. The summed E-state index contributed by atoms with van der Waals surface area (Å²) in [7, 11) is 0.